The highest BCUT2D eigenvalue weighted by atomic mass is 35.5. The van der Waals surface area contributed by atoms with Crippen LogP contribution in [-0.4, -0.2) is 14.8 Å². The molecule has 0 saturated carbocycles. The molecular formula is C20H14ClN5O2. The third-order valence-corrected chi connectivity index (χ3v) is 4.63. The Morgan fingerprint density at radius 1 is 1.11 bits per heavy atom. The normalized spacial score (nSPS) is 11.5. The van der Waals surface area contributed by atoms with Gasteiger partial charge in [0.25, 0.3) is 5.56 Å². The number of nitriles is 2. The summed E-state index contributed by atoms with van der Waals surface area (Å²) in [6.07, 6.45) is 0. The van der Waals surface area contributed by atoms with Crippen LogP contribution >= 0.6 is 11.6 Å². The molecule has 28 heavy (non-hydrogen) atoms. The standard InChI is InChI=1S/C20H14ClN5O2/c1-11-7-15(26-20(28)24-19(27)17(10-23)25-26)8-12(2)18(11)16(9-22)13-3-5-14(21)6-4-13/h3-8,16H,1-2H3,(H,24,27,28). The van der Waals surface area contributed by atoms with Gasteiger partial charge in [-0.1, -0.05) is 23.7 Å². The number of nitrogens with one attached hydrogen (secondary N) is 1. The van der Waals surface area contributed by atoms with Gasteiger partial charge in [0.15, 0.2) is 0 Å². The molecule has 1 aromatic heterocycles. The summed E-state index contributed by atoms with van der Waals surface area (Å²) in [5.41, 5.74) is 1.57. The molecule has 1 unspecified atom stereocenters. The van der Waals surface area contributed by atoms with Crippen LogP contribution in [0.3, 0.4) is 0 Å². The van der Waals surface area contributed by atoms with E-state index in [9.17, 15) is 14.9 Å². The summed E-state index contributed by atoms with van der Waals surface area (Å²) >= 11 is 5.94. The molecule has 2 aromatic carbocycles. The Morgan fingerprint density at radius 2 is 1.71 bits per heavy atom. The Morgan fingerprint density at radius 3 is 2.25 bits per heavy atom. The van der Waals surface area contributed by atoms with Gasteiger partial charge in [0, 0.05) is 5.02 Å². The summed E-state index contributed by atoms with van der Waals surface area (Å²) in [5, 5.41) is 23.2. The zero-order chi connectivity index (χ0) is 20.4. The van der Waals surface area contributed by atoms with Crippen molar-refractivity contribution in [3.05, 3.63) is 90.2 Å². The first-order chi connectivity index (χ1) is 13.3. The minimum atomic E-state index is -0.832. The van der Waals surface area contributed by atoms with E-state index in [2.05, 4.69) is 16.2 Å². The predicted octanol–water partition coefficient (Wildman–Crippen LogP) is 2.72. The van der Waals surface area contributed by atoms with Gasteiger partial charge in [0.2, 0.25) is 5.69 Å². The van der Waals surface area contributed by atoms with Crippen LogP contribution in [0.5, 0.6) is 0 Å². The fourth-order valence-corrected chi connectivity index (χ4v) is 3.26. The van der Waals surface area contributed by atoms with Gasteiger partial charge in [-0.15, -0.1) is 5.10 Å². The highest BCUT2D eigenvalue weighted by Crippen LogP contribution is 2.31. The first-order valence-electron chi connectivity index (χ1n) is 8.26. The fourth-order valence-electron chi connectivity index (χ4n) is 3.14. The zero-order valence-electron chi connectivity index (χ0n) is 15.0. The number of H-pyrrole nitrogens is 1. The van der Waals surface area contributed by atoms with Crippen molar-refractivity contribution in [3.63, 3.8) is 0 Å². The van der Waals surface area contributed by atoms with Crippen molar-refractivity contribution in [3.8, 4) is 17.8 Å². The summed E-state index contributed by atoms with van der Waals surface area (Å²) in [6, 6.07) is 14.4. The number of hydrogen-bond donors (Lipinski definition) is 1. The molecular weight excluding hydrogens is 378 g/mol. The minimum Gasteiger partial charge on any atom is -0.270 e. The Labute approximate surface area is 165 Å². The molecule has 0 aliphatic heterocycles. The van der Waals surface area contributed by atoms with Gasteiger partial charge in [-0.3, -0.25) is 9.78 Å². The van der Waals surface area contributed by atoms with E-state index in [-0.39, 0.29) is 0 Å². The van der Waals surface area contributed by atoms with E-state index in [1.54, 1.807) is 42.5 Å². The molecule has 1 heterocycles. The molecule has 0 spiro atoms. The van der Waals surface area contributed by atoms with E-state index in [4.69, 9.17) is 16.9 Å². The molecule has 1 atom stereocenters. The molecule has 3 rings (SSSR count). The lowest BCUT2D eigenvalue weighted by Crippen LogP contribution is -2.33. The smallest absolute Gasteiger partial charge is 0.270 e. The first-order valence-corrected chi connectivity index (χ1v) is 8.64. The Bertz CT molecular complexity index is 1240. The molecule has 0 aliphatic carbocycles. The molecule has 1 N–H and O–H groups in total. The van der Waals surface area contributed by atoms with Gasteiger partial charge in [0.1, 0.15) is 6.07 Å². The molecule has 0 bridgehead atoms. The lowest BCUT2D eigenvalue weighted by atomic mass is 9.86. The van der Waals surface area contributed by atoms with Crippen LogP contribution in [0.25, 0.3) is 5.69 Å². The molecule has 0 radical (unpaired) electrons. The number of hydrogen-bond acceptors (Lipinski definition) is 5. The van der Waals surface area contributed by atoms with E-state index in [1.807, 2.05) is 13.8 Å². The third-order valence-electron chi connectivity index (χ3n) is 4.38. The minimum absolute atomic E-state index is 0.393. The van der Waals surface area contributed by atoms with Crippen molar-refractivity contribution in [2.45, 2.75) is 19.8 Å². The van der Waals surface area contributed by atoms with Gasteiger partial charge in [0.05, 0.1) is 17.7 Å². The summed E-state index contributed by atoms with van der Waals surface area (Å²) in [4.78, 5) is 25.8. The maximum Gasteiger partial charge on any atom is 0.349 e. The number of rotatable bonds is 3. The second-order valence-corrected chi connectivity index (χ2v) is 6.67. The average Bonchev–Trinajstić information content (AvgIpc) is 2.65. The topological polar surface area (TPSA) is 115 Å². The van der Waals surface area contributed by atoms with Gasteiger partial charge in [-0.25, -0.2) is 4.79 Å². The second-order valence-electron chi connectivity index (χ2n) is 6.24. The van der Waals surface area contributed by atoms with E-state index < -0.39 is 22.9 Å². The van der Waals surface area contributed by atoms with Crippen molar-refractivity contribution in [2.24, 2.45) is 0 Å². The lowest BCUT2D eigenvalue weighted by Gasteiger charge is -2.18. The molecule has 7 nitrogen and oxygen atoms in total. The van der Waals surface area contributed by atoms with Crippen LogP contribution in [0.1, 0.15) is 33.9 Å². The summed E-state index contributed by atoms with van der Waals surface area (Å²) in [5.74, 6) is -0.513. The van der Waals surface area contributed by atoms with Crippen molar-refractivity contribution < 1.29 is 0 Å². The Kier molecular flexibility index (Phi) is 5.12. The Balaban J connectivity index is 2.16. The maximum absolute atomic E-state index is 12.1. The van der Waals surface area contributed by atoms with Gasteiger partial charge in [-0.05, 0) is 60.4 Å². The number of aromatic nitrogens is 3. The van der Waals surface area contributed by atoms with E-state index in [0.717, 1.165) is 26.9 Å². The van der Waals surface area contributed by atoms with E-state index >= 15 is 0 Å². The summed E-state index contributed by atoms with van der Waals surface area (Å²) in [7, 11) is 0. The van der Waals surface area contributed by atoms with E-state index in [0.29, 0.717) is 10.7 Å². The van der Waals surface area contributed by atoms with Crippen LogP contribution < -0.4 is 11.2 Å². The van der Waals surface area contributed by atoms with Crippen molar-refractivity contribution >= 4 is 11.6 Å². The van der Waals surface area contributed by atoms with Crippen molar-refractivity contribution in [1.29, 1.82) is 10.5 Å². The number of nitrogens with zero attached hydrogens (tertiary/aromatic N) is 4. The fraction of sp³-hybridized carbons (Fsp3) is 0.150. The SMILES string of the molecule is Cc1cc(-n2nc(C#N)c(=O)[nH]c2=O)cc(C)c1C(C#N)c1ccc(Cl)cc1. The zero-order valence-corrected chi connectivity index (χ0v) is 15.8. The molecule has 138 valence electrons. The average molecular weight is 392 g/mol. The monoisotopic (exact) mass is 391 g/mol. The summed E-state index contributed by atoms with van der Waals surface area (Å²) < 4.78 is 0.966. The highest BCUT2D eigenvalue weighted by molar-refractivity contribution is 6.30. The third kappa shape index (κ3) is 3.44. The summed E-state index contributed by atoms with van der Waals surface area (Å²) in [6.45, 7) is 3.65. The van der Waals surface area contributed by atoms with Crippen molar-refractivity contribution in [1.82, 2.24) is 14.8 Å². The first kappa shape index (κ1) is 19.1. The van der Waals surface area contributed by atoms with Gasteiger partial charge >= 0.3 is 5.69 Å². The highest BCUT2D eigenvalue weighted by Gasteiger charge is 2.20. The van der Waals surface area contributed by atoms with Gasteiger partial charge in [-0.2, -0.15) is 15.2 Å². The largest absolute Gasteiger partial charge is 0.349 e. The maximum atomic E-state index is 12.1. The van der Waals surface area contributed by atoms with Crippen molar-refractivity contribution in [2.75, 3.05) is 0 Å². The molecule has 0 amide bonds. The molecule has 0 aliphatic rings. The van der Waals surface area contributed by atoms with Crippen LogP contribution in [0.2, 0.25) is 5.02 Å². The molecule has 0 fully saturated rings. The number of aryl methyl sites for hydroxylation is 2. The lowest BCUT2D eigenvalue weighted by molar-refractivity contribution is 0.738. The Hall–Kier alpha value is -3.68. The number of aromatic amines is 1. The van der Waals surface area contributed by atoms with Gasteiger partial charge < -0.3 is 0 Å². The second kappa shape index (κ2) is 7.51. The molecule has 0 saturated heterocycles. The molecule has 3 aromatic rings. The molecule has 8 heteroatoms. The van der Waals surface area contributed by atoms with Crippen LogP contribution in [-0.2, 0) is 0 Å². The van der Waals surface area contributed by atoms with Crippen LogP contribution in [0.4, 0.5) is 0 Å². The number of benzene rings is 2. The number of halogens is 1. The van der Waals surface area contributed by atoms with Crippen LogP contribution in [0, 0.1) is 36.5 Å². The van der Waals surface area contributed by atoms with Crippen LogP contribution in [0.15, 0.2) is 46.0 Å². The van der Waals surface area contributed by atoms with E-state index in [1.165, 1.54) is 0 Å². The predicted molar refractivity (Wildman–Crippen MR) is 104 cm³/mol. The quantitative estimate of drug-likeness (QED) is 0.736.